The van der Waals surface area contributed by atoms with Crippen LogP contribution in [-0.2, 0) is 9.47 Å². The molecule has 2 aromatic carbocycles. The number of ether oxygens (including phenoxy) is 2. The maximum absolute atomic E-state index is 12.0. The van der Waals surface area contributed by atoms with Crippen molar-refractivity contribution in [2.45, 2.75) is 26.1 Å². The van der Waals surface area contributed by atoms with Gasteiger partial charge in [-0.1, -0.05) is 61.3 Å². The highest BCUT2D eigenvalue weighted by atomic mass is 35.5. The largest absolute Gasteiger partial charge is 0.449 e. The first-order chi connectivity index (χ1) is 12.9. The molecule has 27 heavy (non-hydrogen) atoms. The van der Waals surface area contributed by atoms with Gasteiger partial charge < -0.3 is 14.4 Å². The molecule has 1 saturated heterocycles. The number of amides is 1. The van der Waals surface area contributed by atoms with E-state index in [0.717, 1.165) is 11.1 Å². The van der Waals surface area contributed by atoms with E-state index in [1.165, 1.54) is 0 Å². The SMILES string of the molecule is CC(C)COC(=O)N1CC(OC(c2ccc(Cl)cc2)c2ccc(Cl)cc2)C1. The van der Waals surface area contributed by atoms with E-state index in [1.807, 2.05) is 62.4 Å². The van der Waals surface area contributed by atoms with Crippen LogP contribution in [0, 0.1) is 5.92 Å². The molecule has 0 aromatic heterocycles. The van der Waals surface area contributed by atoms with E-state index in [9.17, 15) is 4.79 Å². The van der Waals surface area contributed by atoms with Gasteiger partial charge in [-0.3, -0.25) is 0 Å². The van der Waals surface area contributed by atoms with Crippen molar-refractivity contribution in [1.29, 1.82) is 0 Å². The molecule has 1 aliphatic heterocycles. The number of carbonyl (C=O) groups is 1. The predicted octanol–water partition coefficient (Wildman–Crippen LogP) is 5.58. The van der Waals surface area contributed by atoms with E-state index >= 15 is 0 Å². The lowest BCUT2D eigenvalue weighted by molar-refractivity contribution is -0.0755. The number of halogens is 2. The molecule has 1 fully saturated rings. The smallest absolute Gasteiger partial charge is 0.409 e. The fourth-order valence-electron chi connectivity index (χ4n) is 2.82. The number of benzene rings is 2. The van der Waals surface area contributed by atoms with E-state index in [-0.39, 0.29) is 18.3 Å². The Kier molecular flexibility index (Phi) is 6.64. The molecule has 0 saturated carbocycles. The van der Waals surface area contributed by atoms with E-state index in [0.29, 0.717) is 35.7 Å². The zero-order chi connectivity index (χ0) is 19.4. The molecule has 3 rings (SSSR count). The number of hydrogen-bond donors (Lipinski definition) is 0. The molecular formula is C21H23Cl2NO3. The lowest BCUT2D eigenvalue weighted by Crippen LogP contribution is -2.55. The molecule has 1 aliphatic rings. The molecule has 0 aliphatic carbocycles. The van der Waals surface area contributed by atoms with Crippen molar-refractivity contribution in [3.63, 3.8) is 0 Å². The van der Waals surface area contributed by atoms with Crippen LogP contribution in [0.3, 0.4) is 0 Å². The Morgan fingerprint density at radius 2 is 1.48 bits per heavy atom. The molecule has 1 heterocycles. The molecule has 0 spiro atoms. The van der Waals surface area contributed by atoms with E-state index in [4.69, 9.17) is 32.7 Å². The second kappa shape index (κ2) is 8.96. The molecule has 0 N–H and O–H groups in total. The first-order valence-electron chi connectivity index (χ1n) is 9.00. The zero-order valence-electron chi connectivity index (χ0n) is 15.4. The highest BCUT2D eigenvalue weighted by molar-refractivity contribution is 6.30. The summed E-state index contributed by atoms with van der Waals surface area (Å²) in [5, 5.41) is 1.35. The van der Waals surface area contributed by atoms with Gasteiger partial charge >= 0.3 is 6.09 Å². The molecular weight excluding hydrogens is 385 g/mol. The zero-order valence-corrected chi connectivity index (χ0v) is 16.9. The maximum atomic E-state index is 12.0. The molecule has 0 unspecified atom stereocenters. The summed E-state index contributed by atoms with van der Waals surface area (Å²) in [7, 11) is 0. The summed E-state index contributed by atoms with van der Waals surface area (Å²) in [6.07, 6.45) is -0.579. The van der Waals surface area contributed by atoms with Crippen LogP contribution in [0.2, 0.25) is 10.0 Å². The standard InChI is InChI=1S/C21H23Cl2NO3/c1-14(2)13-26-21(25)24-11-19(12-24)27-20(15-3-7-17(22)8-4-15)16-5-9-18(23)10-6-16/h3-10,14,19-20H,11-13H2,1-2H3. The van der Waals surface area contributed by atoms with E-state index in [2.05, 4.69) is 0 Å². The van der Waals surface area contributed by atoms with Crippen LogP contribution in [-0.4, -0.2) is 36.8 Å². The Bertz CT molecular complexity index is 711. The van der Waals surface area contributed by atoms with Gasteiger partial charge in [0, 0.05) is 10.0 Å². The summed E-state index contributed by atoms with van der Waals surface area (Å²) in [6.45, 7) is 5.50. The van der Waals surface area contributed by atoms with Crippen LogP contribution in [0.25, 0.3) is 0 Å². The second-order valence-corrected chi connectivity index (χ2v) is 7.99. The number of hydrogen-bond acceptors (Lipinski definition) is 3. The average molecular weight is 408 g/mol. The third-order valence-corrected chi connectivity index (χ3v) is 4.82. The summed E-state index contributed by atoms with van der Waals surface area (Å²) in [4.78, 5) is 13.7. The van der Waals surface area contributed by atoms with Crippen molar-refractivity contribution in [2.75, 3.05) is 19.7 Å². The van der Waals surface area contributed by atoms with Crippen molar-refractivity contribution in [3.8, 4) is 0 Å². The first kappa shape index (κ1) is 20.0. The minimum Gasteiger partial charge on any atom is -0.449 e. The molecule has 144 valence electrons. The fraction of sp³-hybridized carbons (Fsp3) is 0.381. The van der Waals surface area contributed by atoms with Gasteiger partial charge in [-0.05, 0) is 41.3 Å². The summed E-state index contributed by atoms with van der Waals surface area (Å²) in [6, 6.07) is 15.2. The molecule has 0 bridgehead atoms. The summed E-state index contributed by atoms with van der Waals surface area (Å²) >= 11 is 12.0. The number of carbonyl (C=O) groups excluding carboxylic acids is 1. The molecule has 0 atom stereocenters. The van der Waals surface area contributed by atoms with Crippen LogP contribution in [0.5, 0.6) is 0 Å². The molecule has 1 amide bonds. The first-order valence-corrected chi connectivity index (χ1v) is 9.76. The lowest BCUT2D eigenvalue weighted by atomic mass is 10.0. The number of rotatable bonds is 6. The van der Waals surface area contributed by atoms with Gasteiger partial charge in [-0.2, -0.15) is 0 Å². The number of nitrogens with zero attached hydrogens (tertiary/aromatic N) is 1. The fourth-order valence-corrected chi connectivity index (χ4v) is 3.07. The monoisotopic (exact) mass is 407 g/mol. The second-order valence-electron chi connectivity index (χ2n) is 7.12. The van der Waals surface area contributed by atoms with Gasteiger partial charge in [0.1, 0.15) is 6.10 Å². The van der Waals surface area contributed by atoms with Gasteiger partial charge in [0.15, 0.2) is 0 Å². The minimum absolute atomic E-state index is 0.0482. The molecule has 2 aromatic rings. The quantitative estimate of drug-likeness (QED) is 0.627. The Morgan fingerprint density at radius 1 is 1.00 bits per heavy atom. The van der Waals surface area contributed by atoms with Crippen molar-refractivity contribution in [3.05, 3.63) is 69.7 Å². The van der Waals surface area contributed by atoms with Crippen LogP contribution in [0.15, 0.2) is 48.5 Å². The van der Waals surface area contributed by atoms with Gasteiger partial charge in [-0.15, -0.1) is 0 Å². The van der Waals surface area contributed by atoms with Crippen molar-refractivity contribution < 1.29 is 14.3 Å². The van der Waals surface area contributed by atoms with Gasteiger partial charge in [0.2, 0.25) is 0 Å². The van der Waals surface area contributed by atoms with Gasteiger partial charge in [-0.25, -0.2) is 4.79 Å². The van der Waals surface area contributed by atoms with Crippen molar-refractivity contribution in [1.82, 2.24) is 4.90 Å². The molecule has 6 heteroatoms. The van der Waals surface area contributed by atoms with Crippen LogP contribution in [0.4, 0.5) is 4.79 Å². The van der Waals surface area contributed by atoms with Crippen molar-refractivity contribution >= 4 is 29.3 Å². The third kappa shape index (κ3) is 5.38. The maximum Gasteiger partial charge on any atom is 0.409 e. The average Bonchev–Trinajstić information content (AvgIpc) is 2.61. The topological polar surface area (TPSA) is 38.8 Å². The summed E-state index contributed by atoms with van der Waals surface area (Å²) in [5.41, 5.74) is 2.00. The van der Waals surface area contributed by atoms with Crippen molar-refractivity contribution in [2.24, 2.45) is 5.92 Å². The van der Waals surface area contributed by atoms with E-state index in [1.54, 1.807) is 4.90 Å². The Hall–Kier alpha value is -1.75. The van der Waals surface area contributed by atoms with E-state index < -0.39 is 0 Å². The highest BCUT2D eigenvalue weighted by Gasteiger charge is 2.35. The van der Waals surface area contributed by atoms with Gasteiger partial charge in [0.05, 0.1) is 25.8 Å². The van der Waals surface area contributed by atoms with Crippen LogP contribution >= 0.6 is 23.2 Å². The number of likely N-dealkylation sites (tertiary alicyclic amines) is 1. The normalized spacial score (nSPS) is 14.5. The highest BCUT2D eigenvalue weighted by Crippen LogP contribution is 2.31. The lowest BCUT2D eigenvalue weighted by Gasteiger charge is -2.40. The van der Waals surface area contributed by atoms with Crippen LogP contribution < -0.4 is 0 Å². The Morgan fingerprint density at radius 3 is 1.93 bits per heavy atom. The third-order valence-electron chi connectivity index (χ3n) is 4.32. The minimum atomic E-state index is -0.280. The van der Waals surface area contributed by atoms with Crippen LogP contribution in [0.1, 0.15) is 31.1 Å². The Labute approximate surface area is 170 Å². The predicted molar refractivity (Wildman–Crippen MR) is 107 cm³/mol. The molecule has 4 nitrogen and oxygen atoms in total. The van der Waals surface area contributed by atoms with Gasteiger partial charge in [0.25, 0.3) is 0 Å². The summed E-state index contributed by atoms with van der Waals surface area (Å²) in [5.74, 6) is 0.321. The Balaban J connectivity index is 1.66. The molecule has 0 radical (unpaired) electrons. The summed E-state index contributed by atoms with van der Waals surface area (Å²) < 4.78 is 11.6.